The van der Waals surface area contributed by atoms with Gasteiger partial charge in [-0.25, -0.2) is 4.79 Å². The number of nitrogens with zero attached hydrogens (tertiary/aromatic N) is 1. The molecule has 0 aromatic heterocycles. The first kappa shape index (κ1) is 26.8. The van der Waals surface area contributed by atoms with Crippen molar-refractivity contribution in [2.24, 2.45) is 11.7 Å². The number of carbonyl (C=O) groups excluding carboxylic acids is 2. The second-order valence-corrected chi connectivity index (χ2v) is 12.1. The molecule has 0 spiro atoms. The van der Waals surface area contributed by atoms with E-state index >= 15 is 0 Å². The first-order valence-corrected chi connectivity index (χ1v) is 14.2. The molecule has 1 aromatic carbocycles. The first-order valence-electron chi connectivity index (χ1n) is 12.0. The summed E-state index contributed by atoms with van der Waals surface area (Å²) in [5.74, 6) is -2.63. The third-order valence-corrected chi connectivity index (χ3v) is 8.93. The lowest BCUT2D eigenvalue weighted by Crippen LogP contribution is -2.55. The fourth-order valence-corrected chi connectivity index (χ4v) is 6.20. The molecule has 2 amide bonds. The van der Waals surface area contributed by atoms with Crippen LogP contribution in [-0.4, -0.2) is 66.5 Å². The number of benzene rings is 1. The van der Waals surface area contributed by atoms with Gasteiger partial charge in [-0.2, -0.15) is 8.42 Å². The summed E-state index contributed by atoms with van der Waals surface area (Å²) in [6, 6.07) is 3.95. The van der Waals surface area contributed by atoms with E-state index in [0.717, 1.165) is 25.7 Å². The second kappa shape index (κ2) is 10.6. The molecule has 2 fully saturated rings. The molecule has 1 aliphatic carbocycles. The zero-order valence-corrected chi connectivity index (χ0v) is 22.0. The lowest BCUT2D eigenvalue weighted by Gasteiger charge is -2.27. The summed E-state index contributed by atoms with van der Waals surface area (Å²) in [5.41, 5.74) is 4.72. The van der Waals surface area contributed by atoms with Crippen molar-refractivity contribution in [2.75, 3.05) is 6.54 Å². The number of nitrogens with two attached hydrogens (primary N) is 1. The van der Waals surface area contributed by atoms with E-state index < -0.39 is 51.6 Å². The molecule has 3 aliphatic rings. The van der Waals surface area contributed by atoms with Gasteiger partial charge in [-0.05, 0) is 49.9 Å². The van der Waals surface area contributed by atoms with Crippen LogP contribution >= 0.6 is 15.9 Å². The molecule has 2 aliphatic heterocycles. The van der Waals surface area contributed by atoms with Gasteiger partial charge in [0.15, 0.2) is 0 Å². The van der Waals surface area contributed by atoms with Crippen LogP contribution in [0.3, 0.4) is 0 Å². The van der Waals surface area contributed by atoms with E-state index in [1.807, 2.05) is 12.2 Å². The Kier molecular flexibility index (Phi) is 7.89. The van der Waals surface area contributed by atoms with Crippen molar-refractivity contribution < 1.29 is 32.1 Å². The van der Waals surface area contributed by atoms with Gasteiger partial charge in [0.05, 0.1) is 17.0 Å². The zero-order chi connectivity index (χ0) is 26.1. The van der Waals surface area contributed by atoms with Crippen LogP contribution < -0.4 is 11.1 Å². The number of hydrogen-bond donors (Lipinski definition) is 3. The molecule has 10 nitrogen and oxygen atoms in total. The van der Waals surface area contributed by atoms with E-state index in [1.165, 1.54) is 17.0 Å². The number of carboxylic acids is 1. The molecule has 4 N–H and O–H groups in total. The average Bonchev–Trinajstić information content (AvgIpc) is 3.36. The van der Waals surface area contributed by atoms with Crippen LogP contribution in [0.4, 0.5) is 0 Å². The number of amides is 2. The Morgan fingerprint density at radius 3 is 2.61 bits per heavy atom. The highest BCUT2D eigenvalue weighted by molar-refractivity contribution is 9.10. The number of hydrogen-bond acceptors (Lipinski definition) is 7. The van der Waals surface area contributed by atoms with E-state index in [-0.39, 0.29) is 30.2 Å². The smallest absolute Gasteiger partial charge is 0.330 e. The number of rotatable bonds is 4. The van der Waals surface area contributed by atoms with Crippen molar-refractivity contribution in [1.82, 2.24) is 10.2 Å². The summed E-state index contributed by atoms with van der Waals surface area (Å²) in [6.07, 6.45) is 6.61. The third kappa shape index (κ3) is 5.66. The Balaban J connectivity index is 1.58. The van der Waals surface area contributed by atoms with Crippen molar-refractivity contribution in [3.05, 3.63) is 40.9 Å². The Labute approximate surface area is 218 Å². The van der Waals surface area contributed by atoms with Crippen molar-refractivity contribution in [3.8, 4) is 0 Å². The molecule has 1 saturated carbocycles. The predicted octanol–water partition coefficient (Wildman–Crippen LogP) is 1.93. The largest absolute Gasteiger partial charge is 0.479 e. The van der Waals surface area contributed by atoms with Crippen LogP contribution in [0.2, 0.25) is 0 Å². The van der Waals surface area contributed by atoms with E-state index in [4.69, 9.17) is 9.92 Å². The van der Waals surface area contributed by atoms with Crippen molar-refractivity contribution >= 4 is 43.8 Å². The molecule has 4 rings (SSSR count). The lowest BCUT2D eigenvalue weighted by molar-refractivity contribution is -0.145. The Hall–Kier alpha value is -2.28. The van der Waals surface area contributed by atoms with Gasteiger partial charge in [-0.1, -0.05) is 40.9 Å². The number of carbonyl (C=O) groups is 3. The molecule has 0 unspecified atom stereocenters. The second-order valence-electron chi connectivity index (χ2n) is 9.62. The van der Waals surface area contributed by atoms with Crippen LogP contribution in [0, 0.1) is 5.92 Å². The van der Waals surface area contributed by atoms with Gasteiger partial charge in [0.2, 0.25) is 11.8 Å². The maximum Gasteiger partial charge on any atom is 0.330 e. The minimum Gasteiger partial charge on any atom is -0.479 e. The molecule has 2 heterocycles. The molecule has 1 saturated heterocycles. The first-order chi connectivity index (χ1) is 17.0. The Bertz CT molecular complexity index is 1160. The average molecular weight is 584 g/mol. The topological polar surface area (TPSA) is 156 Å². The minimum absolute atomic E-state index is 0.0555. The normalized spacial score (nSPS) is 32.4. The van der Waals surface area contributed by atoms with Crippen LogP contribution in [-0.2, 0) is 28.7 Å². The third-order valence-electron chi connectivity index (χ3n) is 7.03. The van der Waals surface area contributed by atoms with Gasteiger partial charge >= 0.3 is 5.97 Å². The summed E-state index contributed by atoms with van der Waals surface area (Å²) in [7, 11) is -4.16. The predicted molar refractivity (Wildman–Crippen MR) is 133 cm³/mol. The molecule has 12 heteroatoms. The van der Waals surface area contributed by atoms with Gasteiger partial charge < -0.3 is 21.1 Å². The van der Waals surface area contributed by atoms with E-state index in [2.05, 4.69) is 21.2 Å². The molecule has 5 atom stereocenters. The van der Waals surface area contributed by atoms with Crippen molar-refractivity contribution in [3.63, 3.8) is 0 Å². The van der Waals surface area contributed by atoms with Gasteiger partial charge in [0, 0.05) is 23.4 Å². The SMILES string of the molecule is N[C@H]1CCCCC/C=C\[C@@H]2C[C@@]2(C(=O)O)NC(=O)[C@@H]2C[C@H](OS(=O)(=O)c3ccc(Br)cc3)CN2C1=O. The number of nitrogens with one attached hydrogen (secondary N) is 1. The summed E-state index contributed by atoms with van der Waals surface area (Å²) >= 11 is 3.25. The summed E-state index contributed by atoms with van der Waals surface area (Å²) in [5, 5.41) is 12.5. The molecule has 1 aromatic rings. The molecule has 36 heavy (non-hydrogen) atoms. The van der Waals surface area contributed by atoms with Gasteiger partial charge in [0.25, 0.3) is 10.1 Å². The standard InChI is InChI=1S/C24H30BrN3O7S/c25-16-8-10-18(11-9-16)36(33,34)35-17-12-20-21(29)27-24(23(31)32)13-15(24)6-4-2-1-3-5-7-19(26)22(30)28(20)14-17/h4,6,8-11,15,17,19-20H,1-3,5,7,12-14,26H2,(H,27,29)(H,31,32)/b6-4-/t15-,17+,19+,20+,24-/m1/s1. The molecule has 0 bridgehead atoms. The number of aliphatic carboxylic acids is 1. The number of allylic oxidation sites excluding steroid dienone is 1. The summed E-state index contributed by atoms with van der Waals surface area (Å²) in [4.78, 5) is 39.8. The van der Waals surface area contributed by atoms with Crippen LogP contribution in [0.15, 0.2) is 45.8 Å². The summed E-state index contributed by atoms with van der Waals surface area (Å²) < 4.78 is 31.8. The molecular weight excluding hydrogens is 554 g/mol. The zero-order valence-electron chi connectivity index (χ0n) is 19.6. The van der Waals surface area contributed by atoms with Gasteiger partial charge in [0.1, 0.15) is 11.6 Å². The number of halogens is 1. The Morgan fingerprint density at radius 1 is 1.19 bits per heavy atom. The van der Waals surface area contributed by atoms with Crippen molar-refractivity contribution in [1.29, 1.82) is 0 Å². The van der Waals surface area contributed by atoms with Crippen molar-refractivity contribution in [2.45, 2.75) is 73.6 Å². The minimum atomic E-state index is -4.16. The maximum atomic E-state index is 13.3. The summed E-state index contributed by atoms with van der Waals surface area (Å²) in [6.45, 7) is -0.149. The molecular formula is C24H30BrN3O7S. The lowest BCUT2D eigenvalue weighted by atomic mass is 10.1. The molecule has 0 radical (unpaired) electrons. The monoisotopic (exact) mass is 583 g/mol. The van der Waals surface area contributed by atoms with E-state index in [0.29, 0.717) is 10.9 Å². The van der Waals surface area contributed by atoms with Crippen LogP contribution in [0.25, 0.3) is 0 Å². The van der Waals surface area contributed by atoms with E-state index in [1.54, 1.807) is 12.1 Å². The van der Waals surface area contributed by atoms with Crippen LogP contribution in [0.1, 0.15) is 44.9 Å². The highest BCUT2D eigenvalue weighted by atomic mass is 79.9. The highest BCUT2D eigenvalue weighted by Crippen LogP contribution is 2.45. The van der Waals surface area contributed by atoms with E-state index in [9.17, 15) is 27.9 Å². The van der Waals surface area contributed by atoms with Crippen LogP contribution in [0.5, 0.6) is 0 Å². The fraction of sp³-hybridized carbons (Fsp3) is 0.542. The maximum absolute atomic E-state index is 13.3. The number of fused-ring (bicyclic) bond motifs is 2. The quantitative estimate of drug-likeness (QED) is 0.358. The fourth-order valence-electron chi connectivity index (χ4n) is 4.86. The van der Waals surface area contributed by atoms with Gasteiger partial charge in [-0.15, -0.1) is 0 Å². The highest BCUT2D eigenvalue weighted by Gasteiger charge is 2.61. The number of carboxylic acid groups (broad SMARTS) is 1. The Morgan fingerprint density at radius 2 is 1.92 bits per heavy atom. The molecule has 196 valence electrons. The van der Waals surface area contributed by atoms with Gasteiger partial charge in [-0.3, -0.25) is 13.8 Å².